The lowest BCUT2D eigenvalue weighted by atomic mass is 9.81. The molecule has 0 radical (unpaired) electrons. The van der Waals surface area contributed by atoms with Crippen LogP contribution in [0.2, 0.25) is 0 Å². The Morgan fingerprint density at radius 3 is 2.27 bits per heavy atom. The van der Waals surface area contributed by atoms with Crippen molar-refractivity contribution in [3.8, 4) is 0 Å². The Bertz CT molecular complexity index is 480. The molecule has 0 spiro atoms. The van der Waals surface area contributed by atoms with Crippen molar-refractivity contribution in [2.75, 3.05) is 11.9 Å². The highest BCUT2D eigenvalue weighted by molar-refractivity contribution is 5.95. The fourth-order valence-corrected chi connectivity index (χ4v) is 2.21. The SMILES string of the molecule is CCC(CC)(CN)C(=O)Nc1cccc(CC(F)(F)F)c1.Cl. The summed E-state index contributed by atoms with van der Waals surface area (Å²) in [5, 5.41) is 2.68. The maximum absolute atomic E-state index is 12.4. The standard InChI is InChI=1S/C15H21F3N2O.ClH/c1-3-14(4-2,10-19)13(21)20-12-7-5-6-11(8-12)9-15(16,17)18;/h5-8H,3-4,9-10,19H2,1-2H3,(H,20,21);1H. The first-order valence-electron chi connectivity index (χ1n) is 6.93. The lowest BCUT2D eigenvalue weighted by molar-refractivity contribution is -0.127. The van der Waals surface area contributed by atoms with Crippen LogP contribution < -0.4 is 11.1 Å². The minimum Gasteiger partial charge on any atom is -0.329 e. The molecule has 1 aromatic rings. The van der Waals surface area contributed by atoms with Crippen LogP contribution in [-0.2, 0) is 11.2 Å². The summed E-state index contributed by atoms with van der Waals surface area (Å²) in [6.07, 6.45) is -4.13. The van der Waals surface area contributed by atoms with Crippen molar-refractivity contribution >= 4 is 24.0 Å². The van der Waals surface area contributed by atoms with Gasteiger partial charge < -0.3 is 11.1 Å². The summed E-state index contributed by atoms with van der Waals surface area (Å²) in [5.74, 6) is -0.251. The van der Waals surface area contributed by atoms with Gasteiger partial charge in [0.2, 0.25) is 5.91 Å². The Labute approximate surface area is 134 Å². The number of carbonyl (C=O) groups is 1. The third-order valence-corrected chi connectivity index (χ3v) is 3.82. The molecule has 0 bridgehead atoms. The number of nitrogens with one attached hydrogen (secondary N) is 1. The van der Waals surface area contributed by atoms with Crippen molar-refractivity contribution in [3.05, 3.63) is 29.8 Å². The topological polar surface area (TPSA) is 55.1 Å². The summed E-state index contributed by atoms with van der Waals surface area (Å²) < 4.78 is 37.2. The smallest absolute Gasteiger partial charge is 0.329 e. The van der Waals surface area contributed by atoms with Crippen molar-refractivity contribution in [1.82, 2.24) is 0 Å². The maximum atomic E-state index is 12.4. The first-order chi connectivity index (χ1) is 9.76. The van der Waals surface area contributed by atoms with Gasteiger partial charge in [-0.3, -0.25) is 4.79 Å². The molecule has 0 aromatic heterocycles. The average Bonchev–Trinajstić information content (AvgIpc) is 2.40. The zero-order valence-corrected chi connectivity index (χ0v) is 13.5. The number of halogens is 4. The van der Waals surface area contributed by atoms with Crippen LogP contribution in [-0.4, -0.2) is 18.6 Å². The largest absolute Gasteiger partial charge is 0.393 e. The quantitative estimate of drug-likeness (QED) is 0.826. The molecule has 22 heavy (non-hydrogen) atoms. The second-order valence-electron chi connectivity index (χ2n) is 5.14. The van der Waals surface area contributed by atoms with Crippen molar-refractivity contribution in [2.45, 2.75) is 39.3 Å². The average molecular weight is 339 g/mol. The molecule has 0 saturated carbocycles. The highest BCUT2D eigenvalue weighted by Crippen LogP contribution is 2.28. The number of nitrogens with two attached hydrogens (primary N) is 1. The van der Waals surface area contributed by atoms with Crippen molar-refractivity contribution in [3.63, 3.8) is 0 Å². The first-order valence-corrected chi connectivity index (χ1v) is 6.93. The van der Waals surface area contributed by atoms with E-state index in [1.807, 2.05) is 13.8 Å². The number of hydrogen-bond acceptors (Lipinski definition) is 2. The van der Waals surface area contributed by atoms with E-state index in [1.165, 1.54) is 18.2 Å². The summed E-state index contributed by atoms with van der Waals surface area (Å²) in [7, 11) is 0. The van der Waals surface area contributed by atoms with Gasteiger partial charge in [-0.1, -0.05) is 26.0 Å². The number of hydrogen-bond donors (Lipinski definition) is 2. The van der Waals surface area contributed by atoms with Gasteiger partial charge in [0, 0.05) is 12.2 Å². The molecule has 1 aromatic carbocycles. The molecule has 1 amide bonds. The third kappa shape index (κ3) is 5.50. The van der Waals surface area contributed by atoms with Crippen LogP contribution in [0.1, 0.15) is 32.3 Å². The Balaban J connectivity index is 0.00000441. The monoisotopic (exact) mass is 338 g/mol. The third-order valence-electron chi connectivity index (χ3n) is 3.82. The molecule has 0 aliphatic rings. The molecule has 126 valence electrons. The van der Waals surface area contributed by atoms with E-state index in [0.29, 0.717) is 18.5 Å². The summed E-state index contributed by atoms with van der Waals surface area (Å²) in [6.45, 7) is 3.94. The van der Waals surface area contributed by atoms with E-state index in [4.69, 9.17) is 5.73 Å². The maximum Gasteiger partial charge on any atom is 0.393 e. The molecule has 1 rings (SSSR count). The summed E-state index contributed by atoms with van der Waals surface area (Å²) in [5.41, 5.74) is 5.49. The van der Waals surface area contributed by atoms with Crippen LogP contribution in [0.3, 0.4) is 0 Å². The van der Waals surface area contributed by atoms with E-state index in [2.05, 4.69) is 5.32 Å². The summed E-state index contributed by atoms with van der Waals surface area (Å²) >= 11 is 0. The molecule has 3 N–H and O–H groups in total. The Morgan fingerprint density at radius 2 is 1.82 bits per heavy atom. The number of amides is 1. The second kappa shape index (κ2) is 8.39. The number of anilines is 1. The van der Waals surface area contributed by atoms with Gasteiger partial charge in [-0.05, 0) is 30.5 Å². The predicted molar refractivity (Wildman–Crippen MR) is 84.1 cm³/mol. The number of alkyl halides is 3. The fraction of sp³-hybridized carbons (Fsp3) is 0.533. The number of carbonyl (C=O) groups excluding carboxylic acids is 1. The predicted octanol–water partition coefficient (Wildman–Crippen LogP) is 3.92. The lowest BCUT2D eigenvalue weighted by Crippen LogP contribution is -2.41. The van der Waals surface area contributed by atoms with E-state index in [1.54, 1.807) is 6.07 Å². The first kappa shape index (κ1) is 20.7. The van der Waals surface area contributed by atoms with E-state index >= 15 is 0 Å². The molecular formula is C15H22ClF3N2O. The second-order valence-corrected chi connectivity index (χ2v) is 5.14. The van der Waals surface area contributed by atoms with E-state index in [9.17, 15) is 18.0 Å². The fourth-order valence-electron chi connectivity index (χ4n) is 2.21. The van der Waals surface area contributed by atoms with Crippen LogP contribution in [0, 0.1) is 5.41 Å². The van der Waals surface area contributed by atoms with Crippen molar-refractivity contribution < 1.29 is 18.0 Å². The number of benzene rings is 1. The Kier molecular flexibility index (Phi) is 7.90. The molecular weight excluding hydrogens is 317 g/mol. The molecule has 0 aliphatic carbocycles. The van der Waals surface area contributed by atoms with Gasteiger partial charge in [-0.15, -0.1) is 12.4 Å². The normalized spacial score (nSPS) is 11.7. The minimum atomic E-state index is -4.27. The van der Waals surface area contributed by atoms with Crippen LogP contribution in [0.4, 0.5) is 18.9 Å². The molecule has 3 nitrogen and oxygen atoms in total. The Hall–Kier alpha value is -1.27. The van der Waals surface area contributed by atoms with Gasteiger partial charge in [-0.2, -0.15) is 13.2 Å². The minimum absolute atomic E-state index is 0. The molecule has 0 fully saturated rings. The van der Waals surface area contributed by atoms with Gasteiger partial charge in [0.15, 0.2) is 0 Å². The Morgan fingerprint density at radius 1 is 1.23 bits per heavy atom. The van der Waals surface area contributed by atoms with Crippen LogP contribution in [0.15, 0.2) is 24.3 Å². The van der Waals surface area contributed by atoms with Crippen LogP contribution in [0.25, 0.3) is 0 Å². The highest BCUT2D eigenvalue weighted by atomic mass is 35.5. The number of rotatable bonds is 6. The van der Waals surface area contributed by atoms with Crippen molar-refractivity contribution in [1.29, 1.82) is 0 Å². The van der Waals surface area contributed by atoms with E-state index in [0.717, 1.165) is 0 Å². The van der Waals surface area contributed by atoms with Gasteiger partial charge in [0.1, 0.15) is 0 Å². The molecule has 0 atom stereocenters. The molecule has 7 heteroatoms. The van der Waals surface area contributed by atoms with Gasteiger partial charge in [0.05, 0.1) is 11.8 Å². The van der Waals surface area contributed by atoms with Crippen LogP contribution >= 0.6 is 12.4 Å². The van der Waals surface area contributed by atoms with E-state index in [-0.39, 0.29) is 30.4 Å². The lowest BCUT2D eigenvalue weighted by Gasteiger charge is -2.28. The van der Waals surface area contributed by atoms with Gasteiger partial charge >= 0.3 is 6.18 Å². The van der Waals surface area contributed by atoms with E-state index < -0.39 is 18.0 Å². The summed E-state index contributed by atoms with van der Waals surface area (Å²) in [4.78, 5) is 12.3. The van der Waals surface area contributed by atoms with Crippen molar-refractivity contribution in [2.24, 2.45) is 11.1 Å². The van der Waals surface area contributed by atoms with Gasteiger partial charge in [-0.25, -0.2) is 0 Å². The zero-order chi connectivity index (χ0) is 16.1. The van der Waals surface area contributed by atoms with Gasteiger partial charge in [0.25, 0.3) is 0 Å². The molecule has 0 saturated heterocycles. The highest BCUT2D eigenvalue weighted by Gasteiger charge is 2.33. The molecule has 0 heterocycles. The van der Waals surface area contributed by atoms with Crippen LogP contribution in [0.5, 0.6) is 0 Å². The molecule has 0 aliphatic heterocycles. The molecule has 0 unspecified atom stereocenters. The summed E-state index contributed by atoms with van der Waals surface area (Å²) in [6, 6.07) is 5.81. The zero-order valence-electron chi connectivity index (χ0n) is 12.7.